The minimum atomic E-state index is -1.46. The normalized spacial score (nSPS) is 12.0. The number of hydrogen-bond donors (Lipinski definition) is 3. The Balaban J connectivity index is 1.83. The molecule has 0 saturated carbocycles. The minimum absolute atomic E-state index is 0.245. The van der Waals surface area contributed by atoms with Crippen LogP contribution in [0.2, 0.25) is 0 Å². The SMILES string of the molecule is Cc1cnc(CNC(=O)NCC(O)c2c(F)cccc2F)s1. The number of halogens is 2. The van der Waals surface area contributed by atoms with Crippen LogP contribution in [0.15, 0.2) is 24.4 Å². The smallest absolute Gasteiger partial charge is 0.315 e. The first-order valence-electron chi connectivity index (χ1n) is 6.52. The van der Waals surface area contributed by atoms with Crippen molar-refractivity contribution in [1.29, 1.82) is 0 Å². The molecule has 2 amide bonds. The fourth-order valence-electron chi connectivity index (χ4n) is 1.82. The Hall–Kier alpha value is -2.06. The number of hydrogen-bond acceptors (Lipinski definition) is 4. The maximum absolute atomic E-state index is 13.5. The number of amides is 2. The second kappa shape index (κ2) is 7.28. The van der Waals surface area contributed by atoms with Crippen LogP contribution in [0.4, 0.5) is 13.6 Å². The Kier molecular flexibility index (Phi) is 5.40. The van der Waals surface area contributed by atoms with E-state index in [-0.39, 0.29) is 13.1 Å². The van der Waals surface area contributed by atoms with E-state index in [0.717, 1.165) is 22.0 Å². The number of carbonyl (C=O) groups excluding carboxylic acids is 1. The number of thiazole rings is 1. The number of aromatic nitrogens is 1. The predicted molar refractivity (Wildman–Crippen MR) is 78.4 cm³/mol. The van der Waals surface area contributed by atoms with Crippen molar-refractivity contribution in [2.24, 2.45) is 0 Å². The second-order valence-electron chi connectivity index (χ2n) is 4.58. The largest absolute Gasteiger partial charge is 0.386 e. The number of nitrogens with zero attached hydrogens (tertiary/aromatic N) is 1. The molecule has 1 heterocycles. The fourth-order valence-corrected chi connectivity index (χ4v) is 2.55. The van der Waals surface area contributed by atoms with Crippen LogP contribution in [-0.4, -0.2) is 22.7 Å². The van der Waals surface area contributed by atoms with E-state index in [2.05, 4.69) is 15.6 Å². The van der Waals surface area contributed by atoms with Gasteiger partial charge in [-0.05, 0) is 19.1 Å². The summed E-state index contributed by atoms with van der Waals surface area (Å²) < 4.78 is 26.9. The van der Waals surface area contributed by atoms with Crippen LogP contribution >= 0.6 is 11.3 Å². The molecule has 0 aliphatic rings. The molecule has 2 aromatic rings. The number of nitrogens with one attached hydrogen (secondary N) is 2. The molecule has 118 valence electrons. The maximum Gasteiger partial charge on any atom is 0.315 e. The number of aryl methyl sites for hydroxylation is 1. The van der Waals surface area contributed by atoms with Gasteiger partial charge >= 0.3 is 6.03 Å². The lowest BCUT2D eigenvalue weighted by Crippen LogP contribution is -2.37. The van der Waals surface area contributed by atoms with Crippen LogP contribution < -0.4 is 10.6 Å². The van der Waals surface area contributed by atoms with Gasteiger partial charge < -0.3 is 15.7 Å². The summed E-state index contributed by atoms with van der Waals surface area (Å²) in [4.78, 5) is 16.7. The molecule has 22 heavy (non-hydrogen) atoms. The van der Waals surface area contributed by atoms with Gasteiger partial charge in [0.2, 0.25) is 0 Å². The Morgan fingerprint density at radius 1 is 1.36 bits per heavy atom. The molecule has 0 aliphatic heterocycles. The molecule has 1 unspecified atom stereocenters. The third kappa shape index (κ3) is 4.22. The lowest BCUT2D eigenvalue weighted by atomic mass is 10.1. The van der Waals surface area contributed by atoms with Crippen LogP contribution in [0, 0.1) is 18.6 Å². The molecule has 5 nitrogen and oxygen atoms in total. The first kappa shape index (κ1) is 16.3. The van der Waals surface area contributed by atoms with Crippen molar-refractivity contribution < 1.29 is 18.7 Å². The van der Waals surface area contributed by atoms with E-state index in [0.29, 0.717) is 0 Å². The van der Waals surface area contributed by atoms with Gasteiger partial charge in [0.25, 0.3) is 0 Å². The molecule has 0 spiro atoms. The van der Waals surface area contributed by atoms with E-state index in [1.54, 1.807) is 6.20 Å². The van der Waals surface area contributed by atoms with Crippen LogP contribution in [0.3, 0.4) is 0 Å². The van der Waals surface area contributed by atoms with Gasteiger partial charge in [0.15, 0.2) is 0 Å². The van der Waals surface area contributed by atoms with Crippen molar-refractivity contribution in [1.82, 2.24) is 15.6 Å². The summed E-state index contributed by atoms with van der Waals surface area (Å²) in [7, 11) is 0. The average Bonchev–Trinajstić information content (AvgIpc) is 2.88. The second-order valence-corrected chi connectivity index (χ2v) is 5.90. The molecule has 3 N–H and O–H groups in total. The summed E-state index contributed by atoms with van der Waals surface area (Å²) in [6, 6.07) is 2.75. The zero-order chi connectivity index (χ0) is 16.1. The highest BCUT2D eigenvalue weighted by atomic mass is 32.1. The number of urea groups is 1. The third-order valence-electron chi connectivity index (χ3n) is 2.86. The molecule has 0 radical (unpaired) electrons. The average molecular weight is 327 g/mol. The van der Waals surface area contributed by atoms with Gasteiger partial charge in [0, 0.05) is 17.6 Å². The fraction of sp³-hybridized carbons (Fsp3) is 0.286. The summed E-state index contributed by atoms with van der Waals surface area (Å²) in [5.74, 6) is -1.71. The lowest BCUT2D eigenvalue weighted by Gasteiger charge is -2.14. The van der Waals surface area contributed by atoms with Gasteiger partial charge in [-0.1, -0.05) is 6.07 Å². The molecular formula is C14H15F2N3O2S. The highest BCUT2D eigenvalue weighted by Gasteiger charge is 2.18. The van der Waals surface area contributed by atoms with Gasteiger partial charge in [0.05, 0.1) is 12.1 Å². The number of carbonyl (C=O) groups is 1. The summed E-state index contributed by atoms with van der Waals surface area (Å²) in [5.41, 5.74) is -0.460. The van der Waals surface area contributed by atoms with Crippen LogP contribution in [0.5, 0.6) is 0 Å². The number of benzene rings is 1. The molecular weight excluding hydrogens is 312 g/mol. The Labute approximate surface area is 130 Å². The van der Waals surface area contributed by atoms with Crippen molar-refractivity contribution in [3.63, 3.8) is 0 Å². The summed E-state index contributed by atoms with van der Waals surface area (Å²) in [5, 5.41) is 15.4. The summed E-state index contributed by atoms with van der Waals surface area (Å²) in [6.45, 7) is 1.84. The molecule has 1 atom stereocenters. The van der Waals surface area contributed by atoms with E-state index in [9.17, 15) is 18.7 Å². The standard InChI is InChI=1S/C14H15F2N3O2S/c1-8-5-17-12(22-8)7-19-14(21)18-6-11(20)13-9(15)3-2-4-10(13)16/h2-5,11,20H,6-7H2,1H3,(H2,18,19,21). The van der Waals surface area contributed by atoms with Gasteiger partial charge in [-0.25, -0.2) is 18.6 Å². The van der Waals surface area contributed by atoms with Crippen molar-refractivity contribution in [3.05, 3.63) is 51.5 Å². The number of aliphatic hydroxyl groups excluding tert-OH is 1. The first-order chi connectivity index (χ1) is 10.5. The Bertz CT molecular complexity index is 643. The van der Waals surface area contributed by atoms with Crippen molar-refractivity contribution in [2.75, 3.05) is 6.54 Å². The maximum atomic E-state index is 13.5. The monoisotopic (exact) mass is 327 g/mol. The number of rotatable bonds is 5. The minimum Gasteiger partial charge on any atom is -0.386 e. The molecule has 0 bridgehead atoms. The van der Waals surface area contributed by atoms with E-state index in [1.165, 1.54) is 17.4 Å². The summed E-state index contributed by atoms with van der Waals surface area (Å²) >= 11 is 1.45. The molecule has 2 rings (SSSR count). The van der Waals surface area contributed by atoms with Crippen molar-refractivity contribution in [2.45, 2.75) is 19.6 Å². The van der Waals surface area contributed by atoms with Crippen LogP contribution in [-0.2, 0) is 6.54 Å². The molecule has 0 fully saturated rings. The van der Waals surface area contributed by atoms with E-state index >= 15 is 0 Å². The summed E-state index contributed by atoms with van der Waals surface area (Å²) in [6.07, 6.45) is 0.235. The zero-order valence-electron chi connectivity index (χ0n) is 11.8. The molecule has 1 aromatic heterocycles. The Morgan fingerprint density at radius 2 is 2.05 bits per heavy atom. The van der Waals surface area contributed by atoms with Gasteiger partial charge in [0.1, 0.15) is 22.7 Å². The van der Waals surface area contributed by atoms with Crippen LogP contribution in [0.25, 0.3) is 0 Å². The zero-order valence-corrected chi connectivity index (χ0v) is 12.6. The highest BCUT2D eigenvalue weighted by Crippen LogP contribution is 2.19. The van der Waals surface area contributed by atoms with E-state index in [4.69, 9.17) is 0 Å². The topological polar surface area (TPSA) is 74.2 Å². The van der Waals surface area contributed by atoms with Gasteiger partial charge in [-0.15, -0.1) is 11.3 Å². The highest BCUT2D eigenvalue weighted by molar-refractivity contribution is 7.11. The first-order valence-corrected chi connectivity index (χ1v) is 7.34. The molecule has 0 aliphatic carbocycles. The van der Waals surface area contributed by atoms with Gasteiger partial charge in [-0.2, -0.15) is 0 Å². The van der Waals surface area contributed by atoms with Gasteiger partial charge in [-0.3, -0.25) is 0 Å². The van der Waals surface area contributed by atoms with E-state index in [1.807, 2.05) is 6.92 Å². The quantitative estimate of drug-likeness (QED) is 0.789. The molecule has 8 heteroatoms. The lowest BCUT2D eigenvalue weighted by molar-refractivity contribution is 0.164. The number of aliphatic hydroxyl groups is 1. The molecule has 0 saturated heterocycles. The Morgan fingerprint density at radius 3 is 2.64 bits per heavy atom. The van der Waals surface area contributed by atoms with E-state index < -0.39 is 29.3 Å². The van der Waals surface area contributed by atoms with Crippen molar-refractivity contribution in [3.8, 4) is 0 Å². The van der Waals surface area contributed by atoms with Crippen LogP contribution in [0.1, 0.15) is 21.6 Å². The third-order valence-corrected chi connectivity index (χ3v) is 3.77. The predicted octanol–water partition coefficient (Wildman–Crippen LogP) is 2.26. The van der Waals surface area contributed by atoms with Crippen molar-refractivity contribution >= 4 is 17.4 Å². The molecule has 1 aromatic carbocycles.